The van der Waals surface area contributed by atoms with Gasteiger partial charge in [0.1, 0.15) is 0 Å². The molecule has 0 heterocycles. The molecule has 0 bridgehead atoms. The summed E-state index contributed by atoms with van der Waals surface area (Å²) in [4.78, 5) is 86.2. The zero-order chi connectivity index (χ0) is 36.3. The van der Waals surface area contributed by atoms with Crippen LogP contribution in [0.4, 0.5) is 0 Å². The van der Waals surface area contributed by atoms with Gasteiger partial charge in [-0.15, -0.1) is 0 Å². The van der Waals surface area contributed by atoms with Crippen molar-refractivity contribution in [2.45, 2.75) is 24.9 Å². The van der Waals surface area contributed by atoms with Crippen molar-refractivity contribution in [3.8, 4) is 0 Å². The number of benzene rings is 2. The van der Waals surface area contributed by atoms with E-state index in [-0.39, 0.29) is 138 Å². The Balaban J connectivity index is 0. The number of carboxylic acids is 5. The summed E-state index contributed by atoms with van der Waals surface area (Å²) < 4.78 is 0. The number of rotatable bonds is 24. The smallest absolute Gasteiger partial charge is 0.549 e. The van der Waals surface area contributed by atoms with Crippen molar-refractivity contribution < 1.29 is 158 Å². The van der Waals surface area contributed by atoms with Crippen LogP contribution < -0.4 is 95.3 Å². The minimum absolute atomic E-state index is 0. The summed E-state index contributed by atoms with van der Waals surface area (Å²) in [6, 6.07) is 13.9. The first-order valence-corrected chi connectivity index (χ1v) is 15.1. The summed E-state index contributed by atoms with van der Waals surface area (Å²) in [7, 11) is 0. The van der Waals surface area contributed by atoms with E-state index in [0.717, 1.165) is 9.80 Å². The molecule has 0 saturated heterocycles. The zero-order valence-electron chi connectivity index (χ0n) is 28.8. The number of nitrogens with zero attached hydrogens (tertiary/aromatic N) is 3. The monoisotopic (exact) mass is 886 g/mol. The van der Waals surface area contributed by atoms with Crippen molar-refractivity contribution in [1.29, 1.82) is 0 Å². The number of nitrogens with one attached hydrogen (secondary N) is 2. The van der Waals surface area contributed by atoms with E-state index >= 15 is 0 Å². The topological polar surface area (TPSA) is 269 Å². The van der Waals surface area contributed by atoms with Crippen LogP contribution in [-0.4, -0.2) is 127 Å². The van der Waals surface area contributed by atoms with Gasteiger partial charge in [-0.1, -0.05) is 60.7 Å². The van der Waals surface area contributed by atoms with E-state index < -0.39 is 86.5 Å². The number of carbonyl (C=O) groups is 7. The molecule has 17 nitrogen and oxygen atoms in total. The van der Waals surface area contributed by atoms with E-state index in [1.54, 1.807) is 60.7 Å². The summed E-state index contributed by atoms with van der Waals surface area (Å²) in [6.07, 6.45) is -0.202. The molecule has 2 rings (SSSR count). The molecule has 0 aliphatic carbocycles. The molecule has 0 spiro atoms. The Morgan fingerprint density at radius 2 is 0.769 bits per heavy atom. The molecule has 271 valence electrons. The molecule has 52 heavy (non-hydrogen) atoms. The van der Waals surface area contributed by atoms with E-state index in [1.165, 1.54) is 4.90 Å². The molecule has 1 radical (unpaired) electrons. The third-order valence-electron chi connectivity index (χ3n) is 7.06. The molecule has 2 aromatic rings. The summed E-state index contributed by atoms with van der Waals surface area (Å²) in [5, 5.41) is 62.0. The second-order valence-corrected chi connectivity index (χ2v) is 11.1. The van der Waals surface area contributed by atoms with Gasteiger partial charge in [0, 0.05) is 45.8 Å². The third kappa shape index (κ3) is 22.9. The minimum atomic E-state index is -1.58. The second-order valence-electron chi connectivity index (χ2n) is 11.1. The summed E-state index contributed by atoms with van der Waals surface area (Å²) in [5.74, 6) is -9.53. The SMILES string of the molecule is O=C([O-])CN(CCN(CC(=O)[O-])CC(=O)NC(Cc1ccccc1)C(=O)[O-])CCN(CC(=O)[O-])CC(=O)NC(Cc1ccccc1)C(=O)[O-].[Gd+3].[Na+].[Na+]. The van der Waals surface area contributed by atoms with E-state index in [9.17, 15) is 59.1 Å². The van der Waals surface area contributed by atoms with Crippen LogP contribution in [0.2, 0.25) is 0 Å². The van der Waals surface area contributed by atoms with Crippen molar-refractivity contribution in [1.82, 2.24) is 25.3 Å². The summed E-state index contributed by atoms with van der Waals surface area (Å²) in [6.45, 7) is -4.34. The maximum atomic E-state index is 12.7. The van der Waals surface area contributed by atoms with Crippen molar-refractivity contribution in [2.75, 3.05) is 58.9 Å². The Hall–Kier alpha value is -2.07. The third-order valence-corrected chi connectivity index (χ3v) is 7.06. The summed E-state index contributed by atoms with van der Waals surface area (Å²) >= 11 is 0. The molecule has 2 atom stereocenters. The summed E-state index contributed by atoms with van der Waals surface area (Å²) in [5.41, 5.74) is 1.19. The fourth-order valence-corrected chi connectivity index (χ4v) is 4.78. The Labute approximate surface area is 376 Å². The van der Waals surface area contributed by atoms with Gasteiger partial charge in [0.15, 0.2) is 0 Å². The van der Waals surface area contributed by atoms with E-state index in [4.69, 9.17) is 0 Å². The van der Waals surface area contributed by atoms with E-state index in [1.807, 2.05) is 0 Å². The van der Waals surface area contributed by atoms with Crippen LogP contribution in [0, 0.1) is 39.9 Å². The van der Waals surface area contributed by atoms with Gasteiger partial charge in [-0.05, 0) is 24.0 Å². The van der Waals surface area contributed by atoms with Gasteiger partial charge in [0.2, 0.25) is 11.8 Å². The van der Waals surface area contributed by atoms with Gasteiger partial charge < -0.3 is 60.1 Å². The minimum Gasteiger partial charge on any atom is -0.549 e. The largest absolute Gasteiger partial charge is 3.00 e. The van der Waals surface area contributed by atoms with Crippen LogP contribution in [0.25, 0.3) is 0 Å². The number of carboxylic acid groups (broad SMARTS) is 5. The fourth-order valence-electron chi connectivity index (χ4n) is 4.78. The molecular weight excluding hydrogens is 850 g/mol. The van der Waals surface area contributed by atoms with Gasteiger partial charge in [-0.2, -0.15) is 0 Å². The maximum Gasteiger partial charge on any atom is 3.00 e. The first kappa shape index (κ1) is 52.0. The molecular formula is C32H36GdN5Na2O12. The van der Waals surface area contributed by atoms with E-state index in [2.05, 4.69) is 10.6 Å². The standard InChI is InChI=1S/C32H41N5O12.Gd.2Na/c38-26(33-24(31(46)47)15-22-7-3-1-4-8-22)17-36(20-29(42)43)13-11-35(19-28(40)41)12-14-37(21-30(44)45)18-27(39)34-25(32(48)49)16-23-9-5-2-6-10-23;;;/h1-10,24-25H,11-21H2,(H,33,38)(H,34,39)(H,40,41)(H,42,43)(H,44,45)(H,46,47)(H,48,49);;;/q;+3;2*+1/p-5. The van der Waals surface area contributed by atoms with Crippen LogP contribution in [0.15, 0.2) is 60.7 Å². The molecule has 2 amide bonds. The predicted molar refractivity (Wildman–Crippen MR) is 159 cm³/mol. The van der Waals surface area contributed by atoms with Gasteiger partial charge in [0.25, 0.3) is 0 Å². The molecule has 2 aromatic carbocycles. The maximum absolute atomic E-state index is 12.7. The first-order valence-electron chi connectivity index (χ1n) is 15.1. The zero-order valence-corrected chi connectivity index (χ0v) is 35.1. The molecule has 0 aromatic heterocycles. The first-order chi connectivity index (χ1) is 23.2. The van der Waals surface area contributed by atoms with Gasteiger partial charge >= 0.3 is 99.1 Å². The average Bonchev–Trinajstić information content (AvgIpc) is 3.01. The molecule has 0 saturated carbocycles. The van der Waals surface area contributed by atoms with Crippen LogP contribution in [0.5, 0.6) is 0 Å². The molecule has 0 fully saturated rings. The van der Waals surface area contributed by atoms with Crippen LogP contribution in [0.1, 0.15) is 11.1 Å². The van der Waals surface area contributed by atoms with Gasteiger partial charge in [-0.25, -0.2) is 0 Å². The van der Waals surface area contributed by atoms with Crippen LogP contribution >= 0.6 is 0 Å². The molecule has 0 aliphatic rings. The molecule has 20 heteroatoms. The average molecular weight is 886 g/mol. The quantitative estimate of drug-likeness (QED) is 0.0928. The van der Waals surface area contributed by atoms with Gasteiger partial charge in [0.05, 0.1) is 55.0 Å². The Morgan fingerprint density at radius 1 is 0.481 bits per heavy atom. The van der Waals surface area contributed by atoms with Crippen molar-refractivity contribution >= 4 is 41.7 Å². The van der Waals surface area contributed by atoms with Crippen molar-refractivity contribution in [2.24, 2.45) is 0 Å². The predicted octanol–water partition coefficient (Wildman–Crippen LogP) is -13.9. The number of hydrogen-bond acceptors (Lipinski definition) is 15. The Kier molecular flexibility index (Phi) is 28.4. The Morgan fingerprint density at radius 3 is 1.06 bits per heavy atom. The second kappa shape index (κ2) is 28.4. The number of amides is 2. The van der Waals surface area contributed by atoms with Crippen molar-refractivity contribution in [3.63, 3.8) is 0 Å². The number of aliphatic carboxylic acids is 5. The van der Waals surface area contributed by atoms with Crippen LogP contribution in [0.3, 0.4) is 0 Å². The van der Waals surface area contributed by atoms with Crippen LogP contribution in [-0.2, 0) is 46.4 Å². The normalized spacial score (nSPS) is 11.6. The number of hydrogen-bond donors (Lipinski definition) is 2. The molecule has 2 unspecified atom stereocenters. The van der Waals surface area contributed by atoms with Crippen molar-refractivity contribution in [3.05, 3.63) is 71.8 Å². The molecule has 0 aliphatic heterocycles. The van der Waals surface area contributed by atoms with E-state index in [0.29, 0.717) is 11.1 Å². The fraction of sp³-hybridized carbons (Fsp3) is 0.406. The molecule has 2 N–H and O–H groups in total. The Bertz CT molecular complexity index is 1350. The number of carbonyl (C=O) groups excluding carboxylic acids is 7. The van der Waals surface area contributed by atoms with Gasteiger partial charge in [-0.3, -0.25) is 24.3 Å².